The largest absolute Gasteiger partial charge is 0.444 e. The van der Waals surface area contributed by atoms with Crippen molar-refractivity contribution in [3.63, 3.8) is 0 Å². The zero-order chi connectivity index (χ0) is 14.7. The summed E-state index contributed by atoms with van der Waals surface area (Å²) in [5.41, 5.74) is 0.642. The van der Waals surface area contributed by atoms with Crippen LogP contribution in [0.2, 0.25) is 0 Å². The highest BCUT2D eigenvalue weighted by atomic mass is 79.9. The standard InChI is InChI=1S/C14H16BrN3O3/c15-13-5-4-12(21-13)14(19)17-10-7-16-18(8-10)9-11-3-1-2-6-20-11/h4-5,7-8,11H,1-3,6,9H2,(H,17,19). The van der Waals surface area contributed by atoms with Gasteiger partial charge >= 0.3 is 0 Å². The predicted octanol–water partition coefficient (Wildman–Crippen LogP) is 3.06. The lowest BCUT2D eigenvalue weighted by molar-refractivity contribution is 0.00401. The van der Waals surface area contributed by atoms with Gasteiger partial charge in [0, 0.05) is 12.8 Å². The lowest BCUT2D eigenvalue weighted by Crippen LogP contribution is -2.24. The second-order valence-electron chi connectivity index (χ2n) is 5.00. The highest BCUT2D eigenvalue weighted by Crippen LogP contribution is 2.17. The van der Waals surface area contributed by atoms with Crippen LogP contribution in [0, 0.1) is 0 Å². The van der Waals surface area contributed by atoms with Crippen molar-refractivity contribution in [1.82, 2.24) is 9.78 Å². The summed E-state index contributed by atoms with van der Waals surface area (Å²) in [5, 5.41) is 7.00. The van der Waals surface area contributed by atoms with Gasteiger partial charge in [0.2, 0.25) is 0 Å². The number of halogens is 1. The summed E-state index contributed by atoms with van der Waals surface area (Å²) in [4.78, 5) is 11.9. The minimum Gasteiger partial charge on any atom is -0.444 e. The maximum Gasteiger partial charge on any atom is 0.291 e. The van der Waals surface area contributed by atoms with E-state index in [1.54, 1.807) is 29.2 Å². The highest BCUT2D eigenvalue weighted by Gasteiger charge is 2.16. The Morgan fingerprint density at radius 3 is 3.10 bits per heavy atom. The second kappa shape index (κ2) is 6.44. The van der Waals surface area contributed by atoms with Crippen LogP contribution >= 0.6 is 15.9 Å². The van der Waals surface area contributed by atoms with E-state index >= 15 is 0 Å². The van der Waals surface area contributed by atoms with Crippen LogP contribution in [0.3, 0.4) is 0 Å². The number of anilines is 1. The SMILES string of the molecule is O=C(Nc1cnn(CC2CCCCO2)c1)c1ccc(Br)o1. The van der Waals surface area contributed by atoms with E-state index in [9.17, 15) is 4.79 Å². The van der Waals surface area contributed by atoms with Crippen LogP contribution in [0.15, 0.2) is 33.6 Å². The number of nitrogens with zero attached hydrogens (tertiary/aromatic N) is 2. The van der Waals surface area contributed by atoms with Crippen LogP contribution in [-0.4, -0.2) is 28.4 Å². The average molecular weight is 354 g/mol. The van der Waals surface area contributed by atoms with Crippen LogP contribution in [0.1, 0.15) is 29.8 Å². The van der Waals surface area contributed by atoms with Gasteiger partial charge in [-0.15, -0.1) is 0 Å². The Morgan fingerprint density at radius 2 is 2.38 bits per heavy atom. The molecular formula is C14H16BrN3O3. The zero-order valence-corrected chi connectivity index (χ0v) is 13.0. The molecule has 1 aliphatic heterocycles. The van der Waals surface area contributed by atoms with Crippen molar-refractivity contribution in [2.45, 2.75) is 31.9 Å². The number of carbonyl (C=O) groups is 1. The van der Waals surface area contributed by atoms with Crippen molar-refractivity contribution in [3.8, 4) is 0 Å². The first-order valence-electron chi connectivity index (χ1n) is 6.91. The number of carbonyl (C=O) groups excluding carboxylic acids is 1. The highest BCUT2D eigenvalue weighted by molar-refractivity contribution is 9.10. The van der Waals surface area contributed by atoms with Crippen LogP contribution in [0.25, 0.3) is 0 Å². The molecule has 1 fully saturated rings. The van der Waals surface area contributed by atoms with E-state index in [0.717, 1.165) is 19.4 Å². The molecule has 7 heteroatoms. The number of ether oxygens (including phenoxy) is 1. The summed E-state index contributed by atoms with van der Waals surface area (Å²) in [6, 6.07) is 3.29. The maximum atomic E-state index is 11.9. The Balaban J connectivity index is 1.58. The third-order valence-electron chi connectivity index (χ3n) is 3.35. The normalized spacial score (nSPS) is 18.6. The molecule has 2 aromatic rings. The van der Waals surface area contributed by atoms with Gasteiger partial charge in [-0.05, 0) is 47.3 Å². The summed E-state index contributed by atoms with van der Waals surface area (Å²) in [5.74, 6) is -0.0422. The van der Waals surface area contributed by atoms with Gasteiger partial charge in [-0.1, -0.05) is 0 Å². The third-order valence-corrected chi connectivity index (χ3v) is 3.78. The van der Waals surface area contributed by atoms with Gasteiger partial charge in [0.1, 0.15) is 0 Å². The molecule has 1 aliphatic rings. The van der Waals surface area contributed by atoms with E-state index in [0.29, 0.717) is 16.9 Å². The van der Waals surface area contributed by atoms with Crippen LogP contribution in [0.5, 0.6) is 0 Å². The minimum absolute atomic E-state index is 0.211. The molecule has 6 nitrogen and oxygen atoms in total. The van der Waals surface area contributed by atoms with Crippen molar-refractivity contribution in [1.29, 1.82) is 0 Å². The number of hydrogen-bond donors (Lipinski definition) is 1. The molecule has 21 heavy (non-hydrogen) atoms. The Kier molecular flexibility index (Phi) is 4.40. The average Bonchev–Trinajstić information content (AvgIpc) is 3.09. The number of hydrogen-bond acceptors (Lipinski definition) is 4. The minimum atomic E-state index is -0.297. The van der Waals surface area contributed by atoms with E-state index in [1.165, 1.54) is 6.42 Å². The second-order valence-corrected chi connectivity index (χ2v) is 5.78. The molecule has 1 N–H and O–H groups in total. The Bertz CT molecular complexity index is 617. The topological polar surface area (TPSA) is 69.3 Å². The van der Waals surface area contributed by atoms with Gasteiger partial charge in [-0.3, -0.25) is 9.48 Å². The van der Waals surface area contributed by atoms with Gasteiger partial charge < -0.3 is 14.5 Å². The quantitative estimate of drug-likeness (QED) is 0.916. The van der Waals surface area contributed by atoms with Crippen LogP contribution in [0.4, 0.5) is 5.69 Å². The summed E-state index contributed by atoms with van der Waals surface area (Å²) >= 11 is 3.17. The van der Waals surface area contributed by atoms with E-state index in [2.05, 4.69) is 26.3 Å². The van der Waals surface area contributed by atoms with Crippen LogP contribution < -0.4 is 5.32 Å². The van der Waals surface area contributed by atoms with E-state index < -0.39 is 0 Å². The van der Waals surface area contributed by atoms with Crippen molar-refractivity contribution in [3.05, 3.63) is 35.0 Å². The van der Waals surface area contributed by atoms with Gasteiger partial charge in [-0.2, -0.15) is 5.10 Å². The van der Waals surface area contributed by atoms with Gasteiger partial charge in [0.05, 0.1) is 24.5 Å². The lowest BCUT2D eigenvalue weighted by atomic mass is 10.1. The van der Waals surface area contributed by atoms with Crippen molar-refractivity contribution in [2.75, 3.05) is 11.9 Å². The molecule has 0 bridgehead atoms. The van der Waals surface area contributed by atoms with Crippen molar-refractivity contribution < 1.29 is 13.9 Å². The molecule has 1 unspecified atom stereocenters. The summed E-state index contributed by atoms with van der Waals surface area (Å²) in [6.07, 6.45) is 7.02. The molecule has 3 heterocycles. The fourth-order valence-electron chi connectivity index (χ4n) is 2.32. The summed E-state index contributed by atoms with van der Waals surface area (Å²) in [6.45, 7) is 1.53. The molecule has 1 atom stereocenters. The van der Waals surface area contributed by atoms with Gasteiger partial charge in [-0.25, -0.2) is 0 Å². The molecule has 1 saturated heterocycles. The molecule has 0 aromatic carbocycles. The molecule has 2 aromatic heterocycles. The number of aromatic nitrogens is 2. The summed E-state index contributed by atoms with van der Waals surface area (Å²) < 4.78 is 13.2. The van der Waals surface area contributed by atoms with E-state index in [4.69, 9.17) is 9.15 Å². The molecule has 0 saturated carbocycles. The fraction of sp³-hybridized carbons (Fsp3) is 0.429. The van der Waals surface area contributed by atoms with Crippen LogP contribution in [-0.2, 0) is 11.3 Å². The van der Waals surface area contributed by atoms with Crippen molar-refractivity contribution in [2.24, 2.45) is 0 Å². The Labute approximate surface area is 130 Å². The molecule has 3 rings (SSSR count). The monoisotopic (exact) mass is 353 g/mol. The lowest BCUT2D eigenvalue weighted by Gasteiger charge is -2.22. The van der Waals surface area contributed by atoms with Gasteiger partial charge in [0.25, 0.3) is 5.91 Å². The summed E-state index contributed by atoms with van der Waals surface area (Å²) in [7, 11) is 0. The first-order valence-corrected chi connectivity index (χ1v) is 7.71. The Hall–Kier alpha value is -1.60. The molecule has 0 radical (unpaired) electrons. The third kappa shape index (κ3) is 3.74. The number of rotatable bonds is 4. The fourth-order valence-corrected chi connectivity index (χ4v) is 2.62. The number of furan rings is 1. The molecule has 0 spiro atoms. The number of amides is 1. The molecule has 112 valence electrons. The van der Waals surface area contributed by atoms with E-state index in [-0.39, 0.29) is 17.8 Å². The first-order chi connectivity index (χ1) is 10.2. The van der Waals surface area contributed by atoms with Crippen molar-refractivity contribution >= 4 is 27.5 Å². The van der Waals surface area contributed by atoms with Gasteiger partial charge in [0.15, 0.2) is 10.4 Å². The maximum absolute atomic E-state index is 11.9. The molecule has 1 amide bonds. The smallest absolute Gasteiger partial charge is 0.291 e. The molecule has 0 aliphatic carbocycles. The first kappa shape index (κ1) is 14.3. The zero-order valence-electron chi connectivity index (χ0n) is 11.4. The van der Waals surface area contributed by atoms with E-state index in [1.807, 2.05) is 0 Å². The number of nitrogens with one attached hydrogen (secondary N) is 1. The molecular weight excluding hydrogens is 338 g/mol. The predicted molar refractivity (Wildman–Crippen MR) is 80.2 cm³/mol. The Morgan fingerprint density at radius 1 is 1.48 bits per heavy atom.